The molecule has 2 saturated heterocycles. The summed E-state index contributed by atoms with van der Waals surface area (Å²) in [4.78, 5) is 34.3. The molecule has 1 N–H and O–H groups in total. The Bertz CT molecular complexity index is 830. The molecule has 144 valence electrons. The average molecular weight is 369 g/mol. The topological polar surface area (TPSA) is 68.8 Å². The molecule has 1 aromatic heterocycles. The van der Waals surface area contributed by atoms with E-state index in [2.05, 4.69) is 33.2 Å². The second-order valence-electron chi connectivity index (χ2n) is 6.58. The van der Waals surface area contributed by atoms with E-state index in [9.17, 15) is 9.59 Å². The zero-order chi connectivity index (χ0) is 19.4. The lowest BCUT2D eigenvalue weighted by Gasteiger charge is -2.35. The number of nitrogens with zero attached hydrogens (tertiary/aromatic N) is 4. The summed E-state index contributed by atoms with van der Waals surface area (Å²) in [6.45, 7) is 8.38. The fourth-order valence-corrected chi connectivity index (χ4v) is 3.50. The average Bonchev–Trinajstić information content (AvgIpc) is 2.70. The molecule has 0 atom stereocenters. The largest absolute Gasteiger partial charge is 0.368 e. The van der Waals surface area contributed by atoms with Crippen molar-refractivity contribution in [3.8, 4) is 0 Å². The van der Waals surface area contributed by atoms with Gasteiger partial charge in [-0.25, -0.2) is 4.79 Å². The van der Waals surface area contributed by atoms with Crippen LogP contribution >= 0.6 is 0 Å². The fraction of sp³-hybridized carbons (Fsp3) is 0.450. The summed E-state index contributed by atoms with van der Waals surface area (Å²) in [5.41, 5.74) is 1.90. The van der Waals surface area contributed by atoms with Crippen molar-refractivity contribution in [1.29, 1.82) is 0 Å². The summed E-state index contributed by atoms with van der Waals surface area (Å²) < 4.78 is 0. The number of imide groups is 1. The summed E-state index contributed by atoms with van der Waals surface area (Å²) in [5.74, 6) is -0.229. The van der Waals surface area contributed by atoms with Crippen LogP contribution in [0.1, 0.15) is 20.3 Å². The van der Waals surface area contributed by atoms with Gasteiger partial charge in [-0.3, -0.25) is 20.0 Å². The van der Waals surface area contributed by atoms with Gasteiger partial charge in [-0.05, 0) is 13.1 Å². The lowest BCUT2D eigenvalue weighted by Crippen LogP contribution is -2.49. The van der Waals surface area contributed by atoms with Crippen molar-refractivity contribution in [3.05, 3.63) is 30.6 Å². The second kappa shape index (κ2) is 8.35. The molecular formula is C20H27N5O2. The first kappa shape index (κ1) is 19.1. The lowest BCUT2D eigenvalue weighted by molar-refractivity contribution is -0.120. The predicted octanol–water partition coefficient (Wildman–Crippen LogP) is 2.46. The first-order valence-corrected chi connectivity index (χ1v) is 9.55. The van der Waals surface area contributed by atoms with Crippen molar-refractivity contribution < 1.29 is 9.59 Å². The summed E-state index contributed by atoms with van der Waals surface area (Å²) >= 11 is 0. The minimum atomic E-state index is -0.379. The van der Waals surface area contributed by atoms with E-state index >= 15 is 0 Å². The van der Waals surface area contributed by atoms with Gasteiger partial charge >= 0.3 is 6.03 Å². The minimum Gasteiger partial charge on any atom is -0.368 e. The van der Waals surface area contributed by atoms with Gasteiger partial charge < -0.3 is 9.80 Å². The first-order chi connectivity index (χ1) is 13.1. The number of anilines is 2. The van der Waals surface area contributed by atoms with Crippen molar-refractivity contribution in [2.45, 2.75) is 20.3 Å². The van der Waals surface area contributed by atoms with Gasteiger partial charge in [0, 0.05) is 61.8 Å². The monoisotopic (exact) mass is 369 g/mol. The standard InChI is InChI=1S/C18H21N5O2.C2H6/c1-21-7-9-22(10-8-21)15-4-2-3-13-14(15)11-19-12-16(13)23-6-5-17(24)20-18(23)25;1-2/h2-4,11-12H,5-10H2,1H3,(H,20,24,25);1-2H3. The SMILES string of the molecule is CC.CN1CCN(c2cccc3c(N4CCC(=O)NC4=O)cncc23)CC1. The Kier molecular flexibility index (Phi) is 5.91. The number of carbonyl (C=O) groups is 2. The van der Waals surface area contributed by atoms with Crippen LogP contribution in [0.2, 0.25) is 0 Å². The number of piperazine rings is 1. The van der Waals surface area contributed by atoms with E-state index < -0.39 is 0 Å². The number of aromatic nitrogens is 1. The zero-order valence-electron chi connectivity index (χ0n) is 16.2. The van der Waals surface area contributed by atoms with Crippen molar-refractivity contribution in [3.63, 3.8) is 0 Å². The van der Waals surface area contributed by atoms with Crippen molar-refractivity contribution in [1.82, 2.24) is 15.2 Å². The number of amides is 3. The number of nitrogens with one attached hydrogen (secondary N) is 1. The van der Waals surface area contributed by atoms with Gasteiger partial charge in [0.05, 0.1) is 11.9 Å². The molecule has 2 aliphatic heterocycles. The maximum absolute atomic E-state index is 12.2. The highest BCUT2D eigenvalue weighted by atomic mass is 16.2. The van der Waals surface area contributed by atoms with E-state index in [0.29, 0.717) is 13.0 Å². The Labute approximate surface area is 159 Å². The second-order valence-corrected chi connectivity index (χ2v) is 6.58. The molecule has 2 aliphatic rings. The van der Waals surface area contributed by atoms with Crippen LogP contribution in [0.4, 0.5) is 16.2 Å². The Morgan fingerprint density at radius 1 is 0.926 bits per heavy atom. The normalized spacial score (nSPS) is 18.2. The molecule has 1 aromatic carbocycles. The Balaban J connectivity index is 0.00000102. The number of carbonyl (C=O) groups excluding carboxylic acids is 2. The molecule has 27 heavy (non-hydrogen) atoms. The number of fused-ring (bicyclic) bond motifs is 1. The predicted molar refractivity (Wildman–Crippen MR) is 108 cm³/mol. The Morgan fingerprint density at radius 3 is 2.37 bits per heavy atom. The highest BCUT2D eigenvalue weighted by Crippen LogP contribution is 2.33. The number of benzene rings is 1. The van der Waals surface area contributed by atoms with Crippen molar-refractivity contribution in [2.75, 3.05) is 49.6 Å². The molecule has 0 radical (unpaired) electrons. The molecule has 7 heteroatoms. The van der Waals surface area contributed by atoms with E-state index in [1.165, 1.54) is 0 Å². The number of hydrogen-bond donors (Lipinski definition) is 1. The molecule has 0 spiro atoms. The van der Waals surface area contributed by atoms with Crippen LogP contribution in [-0.2, 0) is 4.79 Å². The van der Waals surface area contributed by atoms with Crippen LogP contribution in [0.3, 0.4) is 0 Å². The molecule has 0 unspecified atom stereocenters. The fourth-order valence-electron chi connectivity index (χ4n) is 3.50. The molecule has 3 heterocycles. The van der Waals surface area contributed by atoms with Crippen LogP contribution in [0.5, 0.6) is 0 Å². The molecule has 0 bridgehead atoms. The highest BCUT2D eigenvalue weighted by molar-refractivity contribution is 6.11. The van der Waals surface area contributed by atoms with E-state index in [1.807, 2.05) is 32.2 Å². The van der Waals surface area contributed by atoms with Gasteiger partial charge in [0.15, 0.2) is 0 Å². The van der Waals surface area contributed by atoms with E-state index in [-0.39, 0.29) is 11.9 Å². The van der Waals surface area contributed by atoms with E-state index in [1.54, 1.807) is 11.1 Å². The Hall–Kier alpha value is -2.67. The number of urea groups is 1. The van der Waals surface area contributed by atoms with Gasteiger partial charge in [-0.2, -0.15) is 0 Å². The van der Waals surface area contributed by atoms with Crippen LogP contribution in [0.15, 0.2) is 30.6 Å². The third-order valence-electron chi connectivity index (χ3n) is 4.95. The van der Waals surface area contributed by atoms with E-state index in [0.717, 1.165) is 48.3 Å². The maximum atomic E-state index is 12.2. The quantitative estimate of drug-likeness (QED) is 0.881. The van der Waals surface area contributed by atoms with Gasteiger partial charge in [0.25, 0.3) is 0 Å². The van der Waals surface area contributed by atoms with Crippen LogP contribution in [0, 0.1) is 0 Å². The minimum absolute atomic E-state index is 0.229. The molecule has 2 aromatic rings. The summed E-state index contributed by atoms with van der Waals surface area (Å²) in [5, 5.41) is 4.40. The summed E-state index contributed by atoms with van der Waals surface area (Å²) in [7, 11) is 2.14. The van der Waals surface area contributed by atoms with Gasteiger partial charge in [-0.1, -0.05) is 26.0 Å². The Morgan fingerprint density at radius 2 is 1.67 bits per heavy atom. The molecule has 7 nitrogen and oxygen atoms in total. The lowest BCUT2D eigenvalue weighted by atomic mass is 10.1. The number of pyridine rings is 1. The molecule has 0 saturated carbocycles. The zero-order valence-corrected chi connectivity index (χ0v) is 16.2. The van der Waals surface area contributed by atoms with Crippen LogP contribution in [0.25, 0.3) is 10.8 Å². The third kappa shape index (κ3) is 3.88. The van der Waals surface area contributed by atoms with Gasteiger partial charge in [-0.15, -0.1) is 0 Å². The summed E-state index contributed by atoms with van der Waals surface area (Å²) in [6.07, 6.45) is 3.87. The first-order valence-electron chi connectivity index (χ1n) is 9.55. The van der Waals surface area contributed by atoms with Crippen molar-refractivity contribution in [2.24, 2.45) is 0 Å². The maximum Gasteiger partial charge on any atom is 0.328 e. The third-order valence-corrected chi connectivity index (χ3v) is 4.95. The number of hydrogen-bond acceptors (Lipinski definition) is 5. The molecule has 3 amide bonds. The number of rotatable bonds is 2. The van der Waals surface area contributed by atoms with Crippen LogP contribution < -0.4 is 15.1 Å². The number of likely N-dealkylation sites (N-methyl/N-ethyl adjacent to an activating group) is 1. The molecular weight excluding hydrogens is 342 g/mol. The van der Waals surface area contributed by atoms with Crippen LogP contribution in [-0.4, -0.2) is 61.6 Å². The van der Waals surface area contributed by atoms with E-state index in [4.69, 9.17) is 0 Å². The molecule has 0 aliphatic carbocycles. The smallest absolute Gasteiger partial charge is 0.328 e. The highest BCUT2D eigenvalue weighted by Gasteiger charge is 2.26. The van der Waals surface area contributed by atoms with Crippen molar-refractivity contribution >= 4 is 34.1 Å². The molecule has 2 fully saturated rings. The summed E-state index contributed by atoms with van der Waals surface area (Å²) in [6, 6.07) is 5.76. The van der Waals surface area contributed by atoms with Gasteiger partial charge in [0.2, 0.25) is 5.91 Å². The van der Waals surface area contributed by atoms with Gasteiger partial charge in [0.1, 0.15) is 0 Å². The molecule has 4 rings (SSSR count).